The monoisotopic (exact) mass is 468 g/mol. The smallest absolute Gasteiger partial charge is 0.113 e. The lowest BCUT2D eigenvalue weighted by molar-refractivity contribution is -0.231. The number of aliphatic hydroxyl groups excluding tert-OH is 4. The molecule has 172 valence electrons. The van der Waals surface area contributed by atoms with Gasteiger partial charge in [-0.2, -0.15) is 5.10 Å². The van der Waals surface area contributed by atoms with E-state index in [1.54, 1.807) is 23.0 Å². The second kappa shape index (κ2) is 10.1. The summed E-state index contributed by atoms with van der Waals surface area (Å²) < 4.78 is 7.37. The molecule has 2 aromatic carbocycles. The molecule has 4 N–H and O–H groups in total. The number of ether oxygens (including phenoxy) is 1. The lowest BCUT2D eigenvalue weighted by Gasteiger charge is -2.40. The molecule has 1 aliphatic heterocycles. The minimum atomic E-state index is -1.43. The Labute approximate surface area is 196 Å². The SMILES string of the molecule is Cn1cc(C#Cc2ccc(Cc3cc([C@@H]4O[C@H](CO)[C@@H](O)[C@H](O)[C@H]4O)ccc3Cl)cc2)cn1. The van der Waals surface area contributed by atoms with Crippen LogP contribution >= 0.6 is 11.6 Å². The van der Waals surface area contributed by atoms with Crippen molar-refractivity contribution in [2.45, 2.75) is 36.9 Å². The van der Waals surface area contributed by atoms with Crippen LogP contribution in [0.1, 0.15) is 33.9 Å². The second-order valence-corrected chi connectivity index (χ2v) is 8.53. The minimum absolute atomic E-state index is 0.474. The largest absolute Gasteiger partial charge is 0.394 e. The molecule has 8 heteroatoms. The van der Waals surface area contributed by atoms with E-state index >= 15 is 0 Å². The van der Waals surface area contributed by atoms with Crippen LogP contribution in [0.15, 0.2) is 54.9 Å². The fourth-order valence-electron chi connectivity index (χ4n) is 3.84. The van der Waals surface area contributed by atoms with E-state index < -0.39 is 37.1 Å². The highest BCUT2D eigenvalue weighted by Crippen LogP contribution is 2.34. The van der Waals surface area contributed by atoms with Crippen LogP contribution < -0.4 is 0 Å². The molecule has 2 heterocycles. The molecule has 0 amide bonds. The van der Waals surface area contributed by atoms with Gasteiger partial charge in [0.05, 0.1) is 18.4 Å². The summed E-state index contributed by atoms with van der Waals surface area (Å²) in [5.41, 5.74) is 4.17. The Balaban J connectivity index is 1.51. The van der Waals surface area contributed by atoms with Gasteiger partial charge in [0.25, 0.3) is 0 Å². The summed E-state index contributed by atoms with van der Waals surface area (Å²) in [6.45, 7) is -0.474. The summed E-state index contributed by atoms with van der Waals surface area (Å²) >= 11 is 6.42. The third-order valence-electron chi connectivity index (χ3n) is 5.70. The Morgan fingerprint density at radius 2 is 1.73 bits per heavy atom. The van der Waals surface area contributed by atoms with E-state index in [1.165, 1.54) is 0 Å². The summed E-state index contributed by atoms with van der Waals surface area (Å²) in [4.78, 5) is 0. The number of hydrogen-bond donors (Lipinski definition) is 4. The van der Waals surface area contributed by atoms with Crippen LogP contribution in [0.25, 0.3) is 0 Å². The molecule has 0 bridgehead atoms. The van der Waals surface area contributed by atoms with Crippen molar-refractivity contribution in [3.63, 3.8) is 0 Å². The number of rotatable bonds is 4. The number of halogens is 1. The zero-order chi connectivity index (χ0) is 23.5. The molecule has 1 saturated heterocycles. The average Bonchev–Trinajstić information content (AvgIpc) is 3.24. The number of aliphatic hydroxyl groups is 4. The maximum absolute atomic E-state index is 10.4. The van der Waals surface area contributed by atoms with Crippen LogP contribution in [0.2, 0.25) is 5.02 Å². The zero-order valence-corrected chi connectivity index (χ0v) is 18.7. The summed E-state index contributed by atoms with van der Waals surface area (Å²) in [6, 6.07) is 13.1. The van der Waals surface area contributed by atoms with Crippen molar-refractivity contribution in [3.8, 4) is 11.8 Å². The molecule has 4 rings (SSSR count). The molecule has 0 saturated carbocycles. The van der Waals surface area contributed by atoms with Crippen LogP contribution in [0.3, 0.4) is 0 Å². The molecule has 33 heavy (non-hydrogen) atoms. The molecule has 0 spiro atoms. The van der Waals surface area contributed by atoms with Gasteiger partial charge in [-0.25, -0.2) is 0 Å². The van der Waals surface area contributed by atoms with Crippen molar-refractivity contribution in [1.82, 2.24) is 9.78 Å². The summed E-state index contributed by atoms with van der Waals surface area (Å²) in [5, 5.41) is 44.6. The Hall–Kier alpha value is -2.70. The number of aryl methyl sites for hydroxylation is 1. The van der Waals surface area contributed by atoms with Gasteiger partial charge in [-0.05, 0) is 41.3 Å². The fraction of sp³-hybridized carbons (Fsp3) is 0.320. The van der Waals surface area contributed by atoms with Gasteiger partial charge in [-0.15, -0.1) is 0 Å². The predicted molar refractivity (Wildman–Crippen MR) is 123 cm³/mol. The molecule has 1 aromatic heterocycles. The number of aromatic nitrogens is 2. The molecule has 5 atom stereocenters. The van der Waals surface area contributed by atoms with Crippen LogP contribution in [-0.4, -0.2) is 61.2 Å². The highest BCUT2D eigenvalue weighted by atomic mass is 35.5. The minimum Gasteiger partial charge on any atom is -0.394 e. The number of benzene rings is 2. The third kappa shape index (κ3) is 5.28. The van der Waals surface area contributed by atoms with Crippen LogP contribution in [0.4, 0.5) is 0 Å². The fourth-order valence-corrected chi connectivity index (χ4v) is 4.02. The van der Waals surface area contributed by atoms with Crippen LogP contribution in [-0.2, 0) is 18.2 Å². The summed E-state index contributed by atoms with van der Waals surface area (Å²) in [6.07, 6.45) is -1.92. The van der Waals surface area contributed by atoms with E-state index in [1.807, 2.05) is 43.6 Å². The first-order valence-corrected chi connectivity index (χ1v) is 10.9. The number of nitrogens with zero attached hydrogens (tertiary/aromatic N) is 2. The van der Waals surface area contributed by atoms with Gasteiger partial charge in [0.2, 0.25) is 0 Å². The Morgan fingerprint density at radius 3 is 2.39 bits per heavy atom. The average molecular weight is 469 g/mol. The van der Waals surface area contributed by atoms with Gasteiger partial charge in [-0.1, -0.05) is 47.7 Å². The van der Waals surface area contributed by atoms with Crippen LogP contribution in [0, 0.1) is 11.8 Å². The zero-order valence-electron chi connectivity index (χ0n) is 18.0. The van der Waals surface area contributed by atoms with E-state index in [0.717, 1.165) is 22.3 Å². The van der Waals surface area contributed by atoms with E-state index in [0.29, 0.717) is 17.0 Å². The molecule has 3 aromatic rings. The highest BCUT2D eigenvalue weighted by molar-refractivity contribution is 6.31. The normalized spacial score (nSPS) is 24.8. The Morgan fingerprint density at radius 1 is 1.00 bits per heavy atom. The molecule has 1 aliphatic rings. The molecule has 0 aliphatic carbocycles. The van der Waals surface area contributed by atoms with Gasteiger partial charge in [-0.3, -0.25) is 4.68 Å². The third-order valence-corrected chi connectivity index (χ3v) is 6.06. The first-order valence-electron chi connectivity index (χ1n) is 10.5. The first-order chi connectivity index (χ1) is 15.9. The van der Waals surface area contributed by atoms with Gasteiger partial charge in [0.1, 0.15) is 30.5 Å². The summed E-state index contributed by atoms with van der Waals surface area (Å²) in [7, 11) is 1.84. The van der Waals surface area contributed by atoms with Crippen molar-refractivity contribution in [1.29, 1.82) is 0 Å². The topological polar surface area (TPSA) is 108 Å². The van der Waals surface area contributed by atoms with Gasteiger partial charge >= 0.3 is 0 Å². The van der Waals surface area contributed by atoms with E-state index in [9.17, 15) is 20.4 Å². The van der Waals surface area contributed by atoms with Gasteiger partial charge in [0, 0.05) is 23.8 Å². The Kier molecular flexibility index (Phi) is 7.15. The van der Waals surface area contributed by atoms with E-state index in [2.05, 4.69) is 16.9 Å². The van der Waals surface area contributed by atoms with Crippen molar-refractivity contribution in [3.05, 3.63) is 87.7 Å². The Bertz CT molecular complexity index is 1170. The molecule has 1 fully saturated rings. The van der Waals surface area contributed by atoms with E-state index in [-0.39, 0.29) is 0 Å². The maximum Gasteiger partial charge on any atom is 0.113 e. The van der Waals surface area contributed by atoms with Crippen molar-refractivity contribution in [2.24, 2.45) is 7.05 Å². The lowest BCUT2D eigenvalue weighted by Crippen LogP contribution is -2.55. The lowest BCUT2D eigenvalue weighted by atomic mass is 9.90. The standard InChI is InChI=1S/C25H25ClN2O5/c1-28-13-17(12-27-28)7-4-15-2-5-16(6-3-15)10-19-11-18(8-9-20(19)26)25-24(32)23(31)22(30)21(14-29)33-25/h2-3,5-6,8-9,11-13,21-25,29-32H,10,14H2,1H3/t21-,22-,23+,24-,25+/m1/s1. The first kappa shape index (κ1) is 23.5. The summed E-state index contributed by atoms with van der Waals surface area (Å²) in [5.74, 6) is 6.19. The maximum atomic E-state index is 10.4. The van der Waals surface area contributed by atoms with Crippen molar-refractivity contribution < 1.29 is 25.2 Å². The van der Waals surface area contributed by atoms with Crippen LogP contribution in [0.5, 0.6) is 0 Å². The molecule has 0 radical (unpaired) electrons. The molecular formula is C25H25ClN2O5. The number of hydrogen-bond acceptors (Lipinski definition) is 6. The quantitative estimate of drug-likeness (QED) is 0.433. The predicted octanol–water partition coefficient (Wildman–Crippen LogP) is 1.58. The molecular weight excluding hydrogens is 444 g/mol. The van der Waals surface area contributed by atoms with Gasteiger partial charge < -0.3 is 25.2 Å². The molecule has 0 unspecified atom stereocenters. The second-order valence-electron chi connectivity index (χ2n) is 8.13. The highest BCUT2D eigenvalue weighted by Gasteiger charge is 2.44. The molecule has 7 nitrogen and oxygen atoms in total. The van der Waals surface area contributed by atoms with Crippen molar-refractivity contribution >= 4 is 11.6 Å². The van der Waals surface area contributed by atoms with Crippen molar-refractivity contribution in [2.75, 3.05) is 6.61 Å². The van der Waals surface area contributed by atoms with Gasteiger partial charge in [0.15, 0.2) is 0 Å². The van der Waals surface area contributed by atoms with E-state index in [4.69, 9.17) is 16.3 Å².